The van der Waals surface area contributed by atoms with Gasteiger partial charge in [-0.1, -0.05) is 39.0 Å². The first-order chi connectivity index (χ1) is 12.4. The number of hydrogen-bond acceptors (Lipinski definition) is 4. The number of hydrogen-bond donors (Lipinski definition) is 1. The van der Waals surface area contributed by atoms with E-state index in [2.05, 4.69) is 10.4 Å². The van der Waals surface area contributed by atoms with Crippen LogP contribution in [0.4, 0.5) is 4.39 Å². The number of alkyl halides is 1. The van der Waals surface area contributed by atoms with E-state index in [-0.39, 0.29) is 11.6 Å². The molecule has 2 rings (SSSR count). The van der Waals surface area contributed by atoms with E-state index in [9.17, 15) is 14.0 Å². The van der Waals surface area contributed by atoms with E-state index in [1.807, 2.05) is 32.0 Å². The predicted molar refractivity (Wildman–Crippen MR) is 97.6 cm³/mol. The molecule has 0 aliphatic heterocycles. The lowest BCUT2D eigenvalue weighted by Gasteiger charge is -2.19. The van der Waals surface area contributed by atoms with Gasteiger partial charge in [-0.25, -0.2) is 9.18 Å². The average Bonchev–Trinajstić information content (AvgIpc) is 3.02. The summed E-state index contributed by atoms with van der Waals surface area (Å²) in [6.07, 6.45) is -0.123. The van der Waals surface area contributed by atoms with Gasteiger partial charge in [0, 0.05) is 11.9 Å². The first kappa shape index (κ1) is 19.9. The second kappa shape index (κ2) is 8.78. The Morgan fingerprint density at radius 1 is 1.31 bits per heavy atom. The summed E-state index contributed by atoms with van der Waals surface area (Å²) in [7, 11) is 1.29. The van der Waals surface area contributed by atoms with Gasteiger partial charge in [0.15, 0.2) is 5.69 Å². The van der Waals surface area contributed by atoms with Crippen molar-refractivity contribution in [2.24, 2.45) is 5.92 Å². The van der Waals surface area contributed by atoms with Crippen molar-refractivity contribution in [2.45, 2.75) is 52.4 Å². The van der Waals surface area contributed by atoms with E-state index in [1.165, 1.54) is 7.11 Å². The number of para-hydroxylation sites is 1. The van der Waals surface area contributed by atoms with E-state index >= 15 is 0 Å². The summed E-state index contributed by atoms with van der Waals surface area (Å²) in [6, 6.07) is 6.55. The molecule has 1 aromatic carbocycles. The Morgan fingerprint density at radius 3 is 2.62 bits per heavy atom. The fraction of sp³-hybridized carbons (Fsp3) is 0.526. The molecule has 0 saturated heterocycles. The summed E-state index contributed by atoms with van der Waals surface area (Å²) in [5.74, 6) is -1.08. The zero-order valence-corrected chi connectivity index (χ0v) is 15.7. The van der Waals surface area contributed by atoms with Crippen LogP contribution >= 0.6 is 0 Å². The van der Waals surface area contributed by atoms with E-state index in [1.54, 1.807) is 17.7 Å². The molecule has 0 aliphatic carbocycles. The van der Waals surface area contributed by atoms with Gasteiger partial charge in [0.25, 0.3) is 5.91 Å². The maximum absolute atomic E-state index is 13.6. The first-order valence-electron chi connectivity index (χ1n) is 8.87. The Hall–Kier alpha value is -2.44. The van der Waals surface area contributed by atoms with Crippen molar-refractivity contribution in [3.05, 3.63) is 30.0 Å². The van der Waals surface area contributed by atoms with Gasteiger partial charge in [0.05, 0.1) is 12.6 Å². The monoisotopic (exact) mass is 363 g/mol. The molecule has 0 spiro atoms. The normalized spacial score (nSPS) is 13.6. The van der Waals surface area contributed by atoms with Gasteiger partial charge in [-0.3, -0.25) is 9.48 Å². The summed E-state index contributed by atoms with van der Waals surface area (Å²) in [6.45, 7) is 5.83. The van der Waals surface area contributed by atoms with Crippen LogP contribution in [0.5, 0.6) is 0 Å². The minimum absolute atomic E-state index is 0.128. The molecule has 7 heteroatoms. The maximum Gasteiger partial charge on any atom is 0.328 e. The molecule has 2 unspecified atom stereocenters. The second-order valence-electron chi connectivity index (χ2n) is 6.60. The van der Waals surface area contributed by atoms with Crippen LogP contribution in [0.15, 0.2) is 24.3 Å². The van der Waals surface area contributed by atoms with Crippen LogP contribution in [0.2, 0.25) is 0 Å². The lowest BCUT2D eigenvalue weighted by atomic mass is 10.0. The largest absolute Gasteiger partial charge is 0.467 e. The van der Waals surface area contributed by atoms with Gasteiger partial charge in [-0.2, -0.15) is 5.10 Å². The number of nitrogens with zero attached hydrogens (tertiary/aromatic N) is 2. The number of nitrogens with one attached hydrogen (secondary N) is 1. The predicted octanol–water partition coefficient (Wildman–Crippen LogP) is 3.10. The fourth-order valence-electron chi connectivity index (χ4n) is 2.77. The molecule has 6 nitrogen and oxygen atoms in total. The molecule has 0 saturated carbocycles. The van der Waals surface area contributed by atoms with Crippen LogP contribution < -0.4 is 5.32 Å². The average molecular weight is 363 g/mol. The number of ether oxygens (including phenoxy) is 1. The number of rotatable bonds is 8. The minimum atomic E-state index is -0.903. The summed E-state index contributed by atoms with van der Waals surface area (Å²) in [5, 5.41) is 7.75. The van der Waals surface area contributed by atoms with Gasteiger partial charge < -0.3 is 10.1 Å². The molecule has 0 aliphatic rings. The number of carbonyl (C=O) groups excluding carboxylic acids is 2. The molecule has 0 bridgehead atoms. The summed E-state index contributed by atoms with van der Waals surface area (Å²) in [5.41, 5.74) is 0.988. The number of esters is 1. The quantitative estimate of drug-likeness (QED) is 0.732. The lowest BCUT2D eigenvalue weighted by Crippen LogP contribution is -2.45. The Kier molecular flexibility index (Phi) is 6.71. The number of carbonyl (C=O) groups is 2. The molecule has 142 valence electrons. The van der Waals surface area contributed by atoms with Gasteiger partial charge in [-0.05, 0) is 24.8 Å². The van der Waals surface area contributed by atoms with Crippen LogP contribution in [0.1, 0.15) is 44.1 Å². The van der Waals surface area contributed by atoms with Crippen molar-refractivity contribution >= 4 is 22.8 Å². The van der Waals surface area contributed by atoms with Crippen molar-refractivity contribution in [1.82, 2.24) is 15.1 Å². The van der Waals surface area contributed by atoms with Crippen LogP contribution in [0.25, 0.3) is 10.9 Å². The van der Waals surface area contributed by atoms with Gasteiger partial charge in [-0.15, -0.1) is 0 Å². The van der Waals surface area contributed by atoms with Gasteiger partial charge in [0.2, 0.25) is 0 Å². The Morgan fingerprint density at radius 2 is 2.00 bits per heavy atom. The van der Waals surface area contributed by atoms with Crippen molar-refractivity contribution in [3.8, 4) is 0 Å². The number of aromatic nitrogens is 2. The molecule has 1 N–H and O–H groups in total. The van der Waals surface area contributed by atoms with E-state index in [0.717, 1.165) is 5.52 Å². The minimum Gasteiger partial charge on any atom is -0.467 e. The standard InChI is InChI=1S/C19H26FN3O3/c1-5-13(20)10-11-23-15-9-7-6-8-14(15)17(22-23)18(24)21-16(12(2)3)19(25)26-4/h6-9,12-13,16H,5,10-11H2,1-4H3,(H,21,24). The van der Waals surface area contributed by atoms with Crippen LogP contribution in [0, 0.1) is 5.92 Å². The number of fused-ring (bicyclic) bond motifs is 1. The molecular weight excluding hydrogens is 337 g/mol. The van der Waals surface area contributed by atoms with Gasteiger partial charge in [0.1, 0.15) is 12.2 Å². The zero-order chi connectivity index (χ0) is 19.3. The number of methoxy groups -OCH3 is 1. The first-order valence-corrected chi connectivity index (χ1v) is 8.87. The molecule has 1 aromatic heterocycles. The van der Waals surface area contributed by atoms with E-state index < -0.39 is 24.1 Å². The molecule has 1 amide bonds. The highest BCUT2D eigenvalue weighted by molar-refractivity contribution is 6.06. The molecule has 2 aromatic rings. The second-order valence-corrected chi connectivity index (χ2v) is 6.60. The Balaban J connectivity index is 2.30. The van der Waals surface area contributed by atoms with Crippen molar-refractivity contribution < 1.29 is 18.7 Å². The van der Waals surface area contributed by atoms with Crippen molar-refractivity contribution in [3.63, 3.8) is 0 Å². The molecule has 26 heavy (non-hydrogen) atoms. The van der Waals surface area contributed by atoms with Crippen LogP contribution in [0.3, 0.4) is 0 Å². The lowest BCUT2D eigenvalue weighted by molar-refractivity contribution is -0.144. The van der Waals surface area contributed by atoms with Crippen molar-refractivity contribution in [2.75, 3.05) is 7.11 Å². The van der Waals surface area contributed by atoms with Gasteiger partial charge >= 0.3 is 5.97 Å². The fourth-order valence-corrected chi connectivity index (χ4v) is 2.77. The summed E-state index contributed by atoms with van der Waals surface area (Å²) in [4.78, 5) is 24.6. The number of amides is 1. The molecule has 0 radical (unpaired) electrons. The number of halogens is 1. The highest BCUT2D eigenvalue weighted by atomic mass is 19.1. The Bertz CT molecular complexity index is 772. The molecule has 1 heterocycles. The third-order valence-electron chi connectivity index (χ3n) is 4.38. The molecule has 0 fully saturated rings. The molecule has 2 atom stereocenters. The van der Waals surface area contributed by atoms with Crippen LogP contribution in [-0.4, -0.2) is 41.0 Å². The van der Waals surface area contributed by atoms with Crippen LogP contribution in [-0.2, 0) is 16.1 Å². The molecular formula is C19H26FN3O3. The summed E-state index contributed by atoms with van der Waals surface area (Å²) >= 11 is 0. The number of benzene rings is 1. The number of aryl methyl sites for hydroxylation is 1. The Labute approximate surface area is 152 Å². The smallest absolute Gasteiger partial charge is 0.328 e. The zero-order valence-electron chi connectivity index (χ0n) is 15.7. The SMILES string of the molecule is CCC(F)CCn1nc(C(=O)NC(C(=O)OC)C(C)C)c2ccccc21. The highest BCUT2D eigenvalue weighted by Gasteiger charge is 2.27. The third-order valence-corrected chi connectivity index (χ3v) is 4.38. The highest BCUT2D eigenvalue weighted by Crippen LogP contribution is 2.20. The third kappa shape index (κ3) is 4.39. The summed E-state index contributed by atoms with van der Waals surface area (Å²) < 4.78 is 20.0. The van der Waals surface area contributed by atoms with Crippen molar-refractivity contribution in [1.29, 1.82) is 0 Å². The topological polar surface area (TPSA) is 73.2 Å². The van der Waals surface area contributed by atoms with E-state index in [0.29, 0.717) is 24.8 Å². The maximum atomic E-state index is 13.6. The van der Waals surface area contributed by atoms with E-state index in [4.69, 9.17) is 4.74 Å².